The van der Waals surface area contributed by atoms with Crippen molar-refractivity contribution in [2.75, 3.05) is 13.2 Å². The van der Waals surface area contributed by atoms with Crippen LogP contribution in [0, 0.1) is 5.92 Å². The third-order valence-corrected chi connectivity index (χ3v) is 3.25. The number of carbonyl (C=O) groups is 1. The van der Waals surface area contributed by atoms with Crippen LogP contribution >= 0.6 is 15.9 Å². The highest BCUT2D eigenvalue weighted by Crippen LogP contribution is 2.17. The molecular formula is C14H20BrNO3. The summed E-state index contributed by atoms with van der Waals surface area (Å²) in [7, 11) is 0. The number of ether oxygens (including phenoxy) is 1. The van der Waals surface area contributed by atoms with Crippen LogP contribution in [0.25, 0.3) is 0 Å². The van der Waals surface area contributed by atoms with Gasteiger partial charge in [0.15, 0.2) is 6.61 Å². The first-order valence-corrected chi connectivity index (χ1v) is 7.11. The molecule has 0 aliphatic heterocycles. The zero-order chi connectivity index (χ0) is 14.3. The van der Waals surface area contributed by atoms with Gasteiger partial charge in [0.1, 0.15) is 5.75 Å². The van der Waals surface area contributed by atoms with E-state index in [-0.39, 0.29) is 31.1 Å². The van der Waals surface area contributed by atoms with Crippen molar-refractivity contribution in [1.29, 1.82) is 0 Å². The van der Waals surface area contributed by atoms with Crippen LogP contribution in [0.2, 0.25) is 0 Å². The first kappa shape index (κ1) is 16.0. The van der Waals surface area contributed by atoms with Gasteiger partial charge in [-0.25, -0.2) is 0 Å². The van der Waals surface area contributed by atoms with E-state index in [1.54, 1.807) is 12.1 Å². The lowest BCUT2D eigenvalue weighted by Gasteiger charge is -2.21. The van der Waals surface area contributed by atoms with Gasteiger partial charge in [0.25, 0.3) is 5.91 Å². The summed E-state index contributed by atoms with van der Waals surface area (Å²) in [4.78, 5) is 11.8. The van der Waals surface area contributed by atoms with Gasteiger partial charge in [0.05, 0.1) is 0 Å². The van der Waals surface area contributed by atoms with Crippen LogP contribution < -0.4 is 10.1 Å². The van der Waals surface area contributed by atoms with Crippen molar-refractivity contribution in [3.8, 4) is 5.75 Å². The Morgan fingerprint density at radius 2 is 2.21 bits per heavy atom. The molecule has 0 radical (unpaired) electrons. The smallest absolute Gasteiger partial charge is 0.258 e. The number of hydrogen-bond donors (Lipinski definition) is 2. The summed E-state index contributed by atoms with van der Waals surface area (Å²) in [5, 5.41) is 11.8. The number of carbonyl (C=O) groups excluding carboxylic acids is 1. The van der Waals surface area contributed by atoms with Gasteiger partial charge in [-0.15, -0.1) is 0 Å². The van der Waals surface area contributed by atoms with E-state index in [1.165, 1.54) is 0 Å². The Kier molecular flexibility index (Phi) is 6.87. The molecule has 0 saturated carbocycles. The Balaban J connectivity index is 2.42. The molecule has 5 heteroatoms. The number of aliphatic hydroxyl groups excluding tert-OH is 1. The maximum Gasteiger partial charge on any atom is 0.258 e. The average molecular weight is 330 g/mol. The lowest BCUT2D eigenvalue weighted by atomic mass is 10.0. The van der Waals surface area contributed by atoms with Gasteiger partial charge in [-0.2, -0.15) is 0 Å². The number of nitrogens with one attached hydrogen (secondary N) is 1. The molecule has 0 heterocycles. The Hall–Kier alpha value is -1.07. The maximum atomic E-state index is 11.8. The second-order valence-corrected chi connectivity index (χ2v) is 5.59. The van der Waals surface area contributed by atoms with E-state index in [2.05, 4.69) is 21.2 Å². The number of halogens is 1. The highest BCUT2D eigenvalue weighted by molar-refractivity contribution is 9.10. The first-order valence-electron chi connectivity index (χ1n) is 6.31. The molecule has 1 aromatic carbocycles. The lowest BCUT2D eigenvalue weighted by molar-refractivity contribution is -0.124. The molecule has 4 nitrogen and oxygen atoms in total. The van der Waals surface area contributed by atoms with E-state index >= 15 is 0 Å². The third kappa shape index (κ3) is 6.07. The van der Waals surface area contributed by atoms with E-state index in [0.717, 1.165) is 4.47 Å². The van der Waals surface area contributed by atoms with Gasteiger partial charge in [0.2, 0.25) is 0 Å². The SMILES string of the molecule is CC(C)C(CCO)NC(=O)COc1cccc(Br)c1. The fourth-order valence-electron chi connectivity index (χ4n) is 1.67. The number of benzene rings is 1. The van der Waals surface area contributed by atoms with Gasteiger partial charge in [-0.05, 0) is 30.5 Å². The topological polar surface area (TPSA) is 58.6 Å². The van der Waals surface area contributed by atoms with Crippen molar-refractivity contribution in [3.63, 3.8) is 0 Å². The van der Waals surface area contributed by atoms with Gasteiger partial charge >= 0.3 is 0 Å². The molecule has 0 saturated heterocycles. The number of hydrogen-bond acceptors (Lipinski definition) is 3. The summed E-state index contributed by atoms with van der Waals surface area (Å²) in [5.41, 5.74) is 0. The summed E-state index contributed by atoms with van der Waals surface area (Å²) in [6.45, 7) is 4.06. The molecular weight excluding hydrogens is 310 g/mol. The lowest BCUT2D eigenvalue weighted by Crippen LogP contribution is -2.41. The minimum atomic E-state index is -0.174. The molecule has 0 aliphatic rings. The second kappa shape index (κ2) is 8.17. The molecule has 0 aliphatic carbocycles. The molecule has 1 rings (SSSR count). The molecule has 1 aromatic rings. The van der Waals surface area contributed by atoms with Crippen molar-refractivity contribution in [3.05, 3.63) is 28.7 Å². The van der Waals surface area contributed by atoms with Crippen molar-refractivity contribution >= 4 is 21.8 Å². The van der Waals surface area contributed by atoms with E-state index in [0.29, 0.717) is 12.2 Å². The summed E-state index contributed by atoms with van der Waals surface area (Å²) in [6.07, 6.45) is 0.556. The standard InChI is InChI=1S/C14H20BrNO3/c1-10(2)13(6-7-17)16-14(18)9-19-12-5-3-4-11(15)8-12/h3-5,8,10,13,17H,6-7,9H2,1-2H3,(H,16,18). The summed E-state index contributed by atoms with van der Waals surface area (Å²) in [5.74, 6) is 0.752. The summed E-state index contributed by atoms with van der Waals surface area (Å²) in [6, 6.07) is 7.32. The molecule has 1 atom stereocenters. The highest BCUT2D eigenvalue weighted by atomic mass is 79.9. The maximum absolute atomic E-state index is 11.8. The Labute approximate surface area is 122 Å². The van der Waals surface area contributed by atoms with E-state index in [1.807, 2.05) is 26.0 Å². The zero-order valence-corrected chi connectivity index (χ0v) is 12.8. The number of amides is 1. The van der Waals surface area contributed by atoms with Crippen LogP contribution in [0.15, 0.2) is 28.7 Å². The third-order valence-electron chi connectivity index (χ3n) is 2.76. The molecule has 0 aromatic heterocycles. The fraction of sp³-hybridized carbons (Fsp3) is 0.500. The predicted molar refractivity (Wildman–Crippen MR) is 78.1 cm³/mol. The van der Waals surface area contributed by atoms with Crippen molar-refractivity contribution < 1.29 is 14.6 Å². The van der Waals surface area contributed by atoms with Crippen LogP contribution in [-0.2, 0) is 4.79 Å². The largest absolute Gasteiger partial charge is 0.484 e. The van der Waals surface area contributed by atoms with E-state index in [4.69, 9.17) is 9.84 Å². The molecule has 19 heavy (non-hydrogen) atoms. The monoisotopic (exact) mass is 329 g/mol. The van der Waals surface area contributed by atoms with Gasteiger partial charge in [-0.3, -0.25) is 4.79 Å². The molecule has 0 fully saturated rings. The molecule has 2 N–H and O–H groups in total. The van der Waals surface area contributed by atoms with E-state index in [9.17, 15) is 4.79 Å². The molecule has 1 unspecified atom stereocenters. The summed E-state index contributed by atoms with van der Waals surface area (Å²) >= 11 is 3.34. The van der Waals surface area contributed by atoms with Crippen molar-refractivity contribution in [2.45, 2.75) is 26.3 Å². The minimum absolute atomic E-state index is 0.0227. The fourth-order valence-corrected chi connectivity index (χ4v) is 2.04. The quantitative estimate of drug-likeness (QED) is 0.807. The number of rotatable bonds is 7. The minimum Gasteiger partial charge on any atom is -0.484 e. The van der Waals surface area contributed by atoms with Gasteiger partial charge < -0.3 is 15.2 Å². The van der Waals surface area contributed by atoms with Gasteiger partial charge in [0, 0.05) is 17.1 Å². The van der Waals surface area contributed by atoms with Crippen molar-refractivity contribution in [2.24, 2.45) is 5.92 Å². The van der Waals surface area contributed by atoms with Crippen LogP contribution in [0.1, 0.15) is 20.3 Å². The number of aliphatic hydroxyl groups is 1. The average Bonchev–Trinajstić information content (AvgIpc) is 2.36. The normalized spacial score (nSPS) is 12.3. The van der Waals surface area contributed by atoms with Crippen LogP contribution in [0.3, 0.4) is 0 Å². The molecule has 1 amide bonds. The van der Waals surface area contributed by atoms with Gasteiger partial charge in [-0.1, -0.05) is 35.8 Å². The Morgan fingerprint density at radius 1 is 1.47 bits per heavy atom. The highest BCUT2D eigenvalue weighted by Gasteiger charge is 2.15. The Morgan fingerprint density at radius 3 is 2.79 bits per heavy atom. The van der Waals surface area contributed by atoms with E-state index < -0.39 is 0 Å². The summed E-state index contributed by atoms with van der Waals surface area (Å²) < 4.78 is 6.31. The Bertz CT molecular complexity index is 409. The second-order valence-electron chi connectivity index (χ2n) is 4.68. The zero-order valence-electron chi connectivity index (χ0n) is 11.2. The van der Waals surface area contributed by atoms with Crippen molar-refractivity contribution in [1.82, 2.24) is 5.32 Å². The predicted octanol–water partition coefficient (Wildman–Crippen LogP) is 2.35. The molecule has 0 spiro atoms. The van der Waals surface area contributed by atoms with Crippen LogP contribution in [0.5, 0.6) is 5.75 Å². The van der Waals surface area contributed by atoms with Crippen LogP contribution in [-0.4, -0.2) is 30.3 Å². The molecule has 0 bridgehead atoms. The first-order chi connectivity index (χ1) is 9.02. The van der Waals surface area contributed by atoms with Crippen LogP contribution in [0.4, 0.5) is 0 Å². The molecule has 106 valence electrons.